The summed E-state index contributed by atoms with van der Waals surface area (Å²) in [5.41, 5.74) is 0.389. The highest BCUT2D eigenvalue weighted by molar-refractivity contribution is 5.70. The summed E-state index contributed by atoms with van der Waals surface area (Å²) < 4.78 is 22.2. The van der Waals surface area contributed by atoms with Crippen LogP contribution in [0.2, 0.25) is 0 Å². The third-order valence-electron chi connectivity index (χ3n) is 5.92. The third kappa shape index (κ3) is 5.37. The number of esters is 1. The van der Waals surface area contributed by atoms with Crippen LogP contribution in [0.15, 0.2) is 18.2 Å². The van der Waals surface area contributed by atoms with Crippen molar-refractivity contribution in [2.45, 2.75) is 77.4 Å². The molecule has 1 amide bonds. The second-order valence-corrected chi connectivity index (χ2v) is 8.15. The average molecular weight is 420 g/mol. The van der Waals surface area contributed by atoms with Crippen LogP contribution in [0.3, 0.4) is 0 Å². The normalized spacial score (nSPS) is 17.8. The van der Waals surface area contributed by atoms with Crippen LogP contribution in [0.1, 0.15) is 64.9 Å². The zero-order valence-electron chi connectivity index (χ0n) is 18.3. The molecular weight excluding hydrogens is 386 g/mol. The fraction of sp³-hybridized carbons (Fsp3) is 0.652. The first-order chi connectivity index (χ1) is 14.5. The van der Waals surface area contributed by atoms with E-state index in [0.717, 1.165) is 49.2 Å². The summed E-state index contributed by atoms with van der Waals surface area (Å²) in [7, 11) is 0. The Balaban J connectivity index is 1.59. The summed E-state index contributed by atoms with van der Waals surface area (Å²) in [6.45, 7) is 6.61. The first-order valence-corrected chi connectivity index (χ1v) is 11.0. The van der Waals surface area contributed by atoms with Gasteiger partial charge in [0.05, 0.1) is 0 Å². The van der Waals surface area contributed by atoms with Gasteiger partial charge in [0.25, 0.3) is 0 Å². The number of carbonyl (C=O) groups excluding carboxylic acids is 2. The molecule has 0 radical (unpaired) electrons. The van der Waals surface area contributed by atoms with Crippen molar-refractivity contribution in [2.75, 3.05) is 19.9 Å². The van der Waals surface area contributed by atoms with Gasteiger partial charge in [0.2, 0.25) is 6.79 Å². The maximum Gasteiger partial charge on any atom is 0.410 e. The van der Waals surface area contributed by atoms with Crippen molar-refractivity contribution in [1.29, 1.82) is 0 Å². The number of hydrogen-bond acceptors (Lipinski definition) is 6. The predicted octanol–water partition coefficient (Wildman–Crippen LogP) is 4.46. The van der Waals surface area contributed by atoms with Crippen molar-refractivity contribution >= 4 is 12.1 Å². The minimum atomic E-state index is -0.680. The smallest absolute Gasteiger partial charge is 0.410 e. The molecular formula is C23H33NO6. The van der Waals surface area contributed by atoms with Gasteiger partial charge in [-0.2, -0.15) is 0 Å². The Bertz CT molecular complexity index is 743. The van der Waals surface area contributed by atoms with E-state index in [1.54, 1.807) is 11.8 Å². The van der Waals surface area contributed by atoms with E-state index in [0.29, 0.717) is 19.4 Å². The van der Waals surface area contributed by atoms with Crippen LogP contribution >= 0.6 is 0 Å². The first-order valence-electron chi connectivity index (χ1n) is 11.0. The number of likely N-dealkylation sites (N-methyl/N-ethyl adjacent to an activating group) is 1. The number of nitrogens with zero attached hydrogens (tertiary/aromatic N) is 1. The molecule has 2 aliphatic rings. The van der Waals surface area contributed by atoms with Crippen molar-refractivity contribution in [3.63, 3.8) is 0 Å². The molecule has 0 aromatic heterocycles. The molecule has 0 saturated heterocycles. The van der Waals surface area contributed by atoms with Crippen molar-refractivity contribution in [3.05, 3.63) is 23.8 Å². The lowest BCUT2D eigenvalue weighted by Crippen LogP contribution is -2.46. The molecule has 1 aliphatic carbocycles. The largest absolute Gasteiger partial charge is 0.455 e. The number of rotatable bonds is 8. The van der Waals surface area contributed by atoms with Gasteiger partial charge >= 0.3 is 12.1 Å². The maximum absolute atomic E-state index is 12.9. The van der Waals surface area contributed by atoms with Gasteiger partial charge in [-0.15, -0.1) is 0 Å². The van der Waals surface area contributed by atoms with Crippen LogP contribution in [-0.2, 0) is 20.7 Å². The maximum atomic E-state index is 12.9. The molecule has 1 aromatic carbocycles. The lowest BCUT2D eigenvalue weighted by atomic mass is 9.85. The van der Waals surface area contributed by atoms with E-state index in [9.17, 15) is 9.59 Å². The Hall–Kier alpha value is -2.44. The molecule has 1 saturated carbocycles. The lowest BCUT2D eigenvalue weighted by molar-refractivity contribution is -0.168. The van der Waals surface area contributed by atoms with Crippen LogP contribution in [0.5, 0.6) is 11.5 Å². The first kappa shape index (κ1) is 22.2. The average Bonchev–Trinajstić information content (AvgIpc) is 3.21. The van der Waals surface area contributed by atoms with E-state index in [4.69, 9.17) is 18.9 Å². The molecule has 1 aliphatic heterocycles. The van der Waals surface area contributed by atoms with E-state index in [1.165, 1.54) is 0 Å². The topological polar surface area (TPSA) is 74.3 Å². The van der Waals surface area contributed by atoms with Crippen LogP contribution in [0.4, 0.5) is 4.79 Å². The second-order valence-electron chi connectivity index (χ2n) is 8.15. The molecule has 30 heavy (non-hydrogen) atoms. The Morgan fingerprint density at radius 1 is 1.13 bits per heavy atom. The number of fused-ring (bicyclic) bond motifs is 1. The molecule has 1 fully saturated rings. The summed E-state index contributed by atoms with van der Waals surface area (Å²) in [6.07, 6.45) is 5.18. The molecule has 1 atom stereocenters. The molecule has 1 unspecified atom stereocenters. The van der Waals surface area contributed by atoms with Crippen LogP contribution < -0.4 is 9.47 Å². The highest BCUT2D eigenvalue weighted by Crippen LogP contribution is 2.34. The van der Waals surface area contributed by atoms with Gasteiger partial charge in [-0.05, 0) is 63.6 Å². The van der Waals surface area contributed by atoms with E-state index < -0.39 is 5.60 Å². The summed E-state index contributed by atoms with van der Waals surface area (Å²) in [5.74, 6) is 1.25. The van der Waals surface area contributed by atoms with Gasteiger partial charge in [-0.3, -0.25) is 4.79 Å². The third-order valence-corrected chi connectivity index (χ3v) is 5.92. The summed E-state index contributed by atoms with van der Waals surface area (Å²) >= 11 is 0. The van der Waals surface area contributed by atoms with Crippen molar-refractivity contribution in [3.8, 4) is 11.5 Å². The molecule has 0 spiro atoms. The lowest BCUT2D eigenvalue weighted by Gasteiger charge is -2.37. The number of benzene rings is 1. The predicted molar refractivity (Wildman–Crippen MR) is 112 cm³/mol. The second kappa shape index (κ2) is 10.0. The fourth-order valence-corrected chi connectivity index (χ4v) is 4.20. The van der Waals surface area contributed by atoms with Gasteiger partial charge in [0.1, 0.15) is 12.2 Å². The molecule has 0 bridgehead atoms. The number of hydrogen-bond donors (Lipinski definition) is 0. The number of ether oxygens (including phenoxy) is 4. The molecule has 7 heteroatoms. The summed E-state index contributed by atoms with van der Waals surface area (Å²) in [5, 5.41) is 0. The molecule has 0 N–H and O–H groups in total. The number of amides is 1. The van der Waals surface area contributed by atoms with E-state index >= 15 is 0 Å². The Morgan fingerprint density at radius 3 is 2.57 bits per heavy atom. The minimum absolute atomic E-state index is 0.0524. The monoisotopic (exact) mass is 419 g/mol. The Kier molecular flexibility index (Phi) is 7.45. The molecule has 7 nitrogen and oxygen atoms in total. The van der Waals surface area contributed by atoms with Gasteiger partial charge in [-0.25, -0.2) is 4.79 Å². The zero-order valence-corrected chi connectivity index (χ0v) is 18.3. The quantitative estimate of drug-likeness (QED) is 0.579. The highest BCUT2D eigenvalue weighted by atomic mass is 16.7. The standard InChI is InChI=1S/C23H33NO6/c1-4-21(25)30-23(11-7-6-8-12-23)15-27-22(26)24(5-2)17(3)13-18-9-10-19-20(14-18)29-16-28-19/h9-10,14,17H,4-8,11-13,15-16H2,1-3H3. The van der Waals surface area contributed by atoms with E-state index in [2.05, 4.69) is 0 Å². The molecule has 3 rings (SSSR count). The van der Waals surface area contributed by atoms with E-state index in [-0.39, 0.29) is 31.5 Å². The Labute approximate surface area is 178 Å². The van der Waals surface area contributed by atoms with Gasteiger partial charge in [0.15, 0.2) is 11.5 Å². The van der Waals surface area contributed by atoms with Gasteiger partial charge < -0.3 is 23.8 Å². The summed E-state index contributed by atoms with van der Waals surface area (Å²) in [6, 6.07) is 5.79. The fourth-order valence-electron chi connectivity index (χ4n) is 4.20. The molecule has 166 valence electrons. The highest BCUT2D eigenvalue weighted by Gasteiger charge is 2.38. The number of carbonyl (C=O) groups is 2. The molecule has 1 aromatic rings. The minimum Gasteiger partial charge on any atom is -0.455 e. The van der Waals surface area contributed by atoms with Crippen LogP contribution in [-0.4, -0.2) is 48.5 Å². The van der Waals surface area contributed by atoms with Crippen LogP contribution in [0, 0.1) is 0 Å². The Morgan fingerprint density at radius 2 is 1.87 bits per heavy atom. The van der Waals surface area contributed by atoms with Crippen LogP contribution in [0.25, 0.3) is 0 Å². The van der Waals surface area contributed by atoms with Gasteiger partial charge in [0, 0.05) is 19.0 Å². The van der Waals surface area contributed by atoms with Crippen molar-refractivity contribution in [1.82, 2.24) is 4.90 Å². The SMILES string of the molecule is CCC(=O)OC1(COC(=O)N(CC)C(C)Cc2ccc3c(c2)OCO3)CCCCC1. The summed E-state index contributed by atoms with van der Waals surface area (Å²) in [4.78, 5) is 26.5. The van der Waals surface area contributed by atoms with Crippen molar-refractivity contribution in [2.24, 2.45) is 0 Å². The van der Waals surface area contributed by atoms with Gasteiger partial charge in [-0.1, -0.05) is 19.4 Å². The zero-order chi connectivity index (χ0) is 21.6. The van der Waals surface area contributed by atoms with Crippen molar-refractivity contribution < 1.29 is 28.5 Å². The molecule has 1 heterocycles. The van der Waals surface area contributed by atoms with E-state index in [1.807, 2.05) is 32.0 Å².